The van der Waals surface area contributed by atoms with Crippen LogP contribution in [-0.2, 0) is 9.59 Å². The van der Waals surface area contributed by atoms with Crippen molar-refractivity contribution < 1.29 is 9.59 Å². The Morgan fingerprint density at radius 2 is 1.71 bits per heavy atom. The third-order valence-electron chi connectivity index (χ3n) is 2.37. The van der Waals surface area contributed by atoms with Crippen molar-refractivity contribution in [1.29, 1.82) is 0 Å². The van der Waals surface area contributed by atoms with Crippen LogP contribution in [0.1, 0.15) is 19.8 Å². The monoisotopic (exact) mass is 234 g/mol. The molecule has 0 unspecified atom stereocenters. The van der Waals surface area contributed by atoms with Gasteiger partial charge in [0.05, 0.1) is 0 Å². The second-order valence-corrected chi connectivity index (χ2v) is 4.19. The minimum atomic E-state index is -0.127. The summed E-state index contributed by atoms with van der Waals surface area (Å²) in [7, 11) is 3.92. The molecule has 0 aliphatic heterocycles. The largest absolute Gasteiger partial charge is 0.378 e. The molecule has 17 heavy (non-hydrogen) atoms. The van der Waals surface area contributed by atoms with E-state index < -0.39 is 0 Å². The average Bonchev–Trinajstić information content (AvgIpc) is 2.27. The Balaban J connectivity index is 2.51. The number of anilines is 2. The van der Waals surface area contributed by atoms with Crippen LogP contribution in [0.2, 0.25) is 0 Å². The molecule has 4 nitrogen and oxygen atoms in total. The van der Waals surface area contributed by atoms with Crippen molar-refractivity contribution in [3.8, 4) is 0 Å². The molecule has 0 heterocycles. The normalized spacial score (nSPS) is 9.82. The molecule has 1 rings (SSSR count). The van der Waals surface area contributed by atoms with Gasteiger partial charge in [0.1, 0.15) is 5.78 Å². The molecule has 0 atom stereocenters. The molecule has 92 valence electrons. The van der Waals surface area contributed by atoms with Gasteiger partial charge >= 0.3 is 0 Å². The number of carbonyl (C=O) groups excluding carboxylic acids is 2. The van der Waals surface area contributed by atoms with Crippen LogP contribution in [0.15, 0.2) is 24.3 Å². The van der Waals surface area contributed by atoms with Crippen LogP contribution < -0.4 is 10.2 Å². The van der Waals surface area contributed by atoms with E-state index in [-0.39, 0.29) is 18.1 Å². The standard InChI is InChI=1S/C13H18N2O2/c1-10(16)4-9-13(17)14-11-5-7-12(8-6-11)15(2)3/h5-8H,4,9H2,1-3H3,(H,14,17). The SMILES string of the molecule is CC(=O)CCC(=O)Nc1ccc(N(C)C)cc1. The van der Waals surface area contributed by atoms with Crippen molar-refractivity contribution >= 4 is 23.1 Å². The summed E-state index contributed by atoms with van der Waals surface area (Å²) in [4.78, 5) is 24.2. The summed E-state index contributed by atoms with van der Waals surface area (Å²) in [5.41, 5.74) is 1.83. The zero-order valence-electron chi connectivity index (χ0n) is 10.5. The lowest BCUT2D eigenvalue weighted by Gasteiger charge is -2.12. The second kappa shape index (κ2) is 6.03. The van der Waals surface area contributed by atoms with Crippen molar-refractivity contribution in [3.63, 3.8) is 0 Å². The predicted molar refractivity (Wildman–Crippen MR) is 69.3 cm³/mol. The molecule has 0 aromatic heterocycles. The van der Waals surface area contributed by atoms with Gasteiger partial charge in [-0.1, -0.05) is 0 Å². The Bertz CT molecular complexity index is 396. The second-order valence-electron chi connectivity index (χ2n) is 4.19. The van der Waals surface area contributed by atoms with E-state index in [1.54, 1.807) is 0 Å². The van der Waals surface area contributed by atoms with Gasteiger partial charge in [0.15, 0.2) is 0 Å². The van der Waals surface area contributed by atoms with Crippen LogP contribution in [0.25, 0.3) is 0 Å². The topological polar surface area (TPSA) is 49.4 Å². The van der Waals surface area contributed by atoms with Crippen LogP contribution in [0.3, 0.4) is 0 Å². The lowest BCUT2D eigenvalue weighted by atomic mass is 10.2. The lowest BCUT2D eigenvalue weighted by Crippen LogP contribution is -2.13. The van der Waals surface area contributed by atoms with Gasteiger partial charge in [-0.3, -0.25) is 4.79 Å². The van der Waals surface area contributed by atoms with Crippen LogP contribution in [0.5, 0.6) is 0 Å². The van der Waals surface area contributed by atoms with E-state index in [2.05, 4.69) is 5.32 Å². The quantitative estimate of drug-likeness (QED) is 0.848. The number of nitrogens with zero attached hydrogens (tertiary/aromatic N) is 1. The maximum absolute atomic E-state index is 11.5. The number of hydrogen-bond donors (Lipinski definition) is 1. The maximum Gasteiger partial charge on any atom is 0.224 e. The number of hydrogen-bond acceptors (Lipinski definition) is 3. The molecule has 1 aromatic carbocycles. The Morgan fingerprint density at radius 1 is 1.12 bits per heavy atom. The first-order valence-electron chi connectivity index (χ1n) is 5.55. The molecule has 0 radical (unpaired) electrons. The molecule has 1 amide bonds. The molecule has 0 fully saturated rings. The number of carbonyl (C=O) groups is 2. The Morgan fingerprint density at radius 3 is 2.18 bits per heavy atom. The predicted octanol–water partition coefficient (Wildman–Crippen LogP) is 2.06. The highest BCUT2D eigenvalue weighted by molar-refractivity contribution is 5.93. The number of Topliss-reactive ketones (excluding diaryl/α,β-unsaturated/α-hetero) is 1. The minimum absolute atomic E-state index is 0.0307. The number of nitrogens with one attached hydrogen (secondary N) is 1. The fourth-order valence-corrected chi connectivity index (χ4v) is 1.36. The molecule has 0 bridgehead atoms. The van der Waals surface area contributed by atoms with Crippen molar-refractivity contribution in [1.82, 2.24) is 0 Å². The first kappa shape index (κ1) is 13.2. The summed E-state index contributed by atoms with van der Waals surface area (Å²) in [5, 5.41) is 2.75. The van der Waals surface area contributed by atoms with Gasteiger partial charge in [0, 0.05) is 38.3 Å². The van der Waals surface area contributed by atoms with Gasteiger partial charge in [0.25, 0.3) is 0 Å². The molecule has 1 N–H and O–H groups in total. The van der Waals surface area contributed by atoms with E-state index in [0.717, 1.165) is 11.4 Å². The minimum Gasteiger partial charge on any atom is -0.378 e. The van der Waals surface area contributed by atoms with Gasteiger partial charge in [-0.25, -0.2) is 0 Å². The molecule has 0 aliphatic rings. The third kappa shape index (κ3) is 4.68. The van der Waals surface area contributed by atoms with Gasteiger partial charge in [-0.15, -0.1) is 0 Å². The van der Waals surface area contributed by atoms with E-state index in [0.29, 0.717) is 6.42 Å². The Labute approximate surface area is 102 Å². The van der Waals surface area contributed by atoms with Gasteiger partial charge < -0.3 is 15.0 Å². The Kier molecular flexibility index (Phi) is 4.69. The van der Waals surface area contributed by atoms with Crippen molar-refractivity contribution in [2.75, 3.05) is 24.3 Å². The lowest BCUT2D eigenvalue weighted by molar-refractivity contribution is -0.121. The summed E-state index contributed by atoms with van der Waals surface area (Å²) in [6, 6.07) is 7.56. The summed E-state index contributed by atoms with van der Waals surface area (Å²) in [5.74, 6) is -0.0964. The van der Waals surface area contributed by atoms with Gasteiger partial charge in [0.2, 0.25) is 5.91 Å². The van der Waals surface area contributed by atoms with Gasteiger partial charge in [-0.05, 0) is 31.2 Å². The van der Waals surface area contributed by atoms with Crippen molar-refractivity contribution in [2.45, 2.75) is 19.8 Å². The highest BCUT2D eigenvalue weighted by Gasteiger charge is 2.04. The molecule has 0 saturated heterocycles. The first-order chi connectivity index (χ1) is 7.99. The molecular weight excluding hydrogens is 216 g/mol. The fraction of sp³-hybridized carbons (Fsp3) is 0.385. The summed E-state index contributed by atoms with van der Waals surface area (Å²) < 4.78 is 0. The van der Waals surface area contributed by atoms with Crippen LogP contribution in [-0.4, -0.2) is 25.8 Å². The molecule has 4 heteroatoms. The third-order valence-corrected chi connectivity index (χ3v) is 2.37. The highest BCUT2D eigenvalue weighted by atomic mass is 16.2. The summed E-state index contributed by atoms with van der Waals surface area (Å²) >= 11 is 0. The van der Waals surface area contributed by atoms with Crippen molar-refractivity contribution in [3.05, 3.63) is 24.3 Å². The number of rotatable bonds is 5. The molecule has 0 aliphatic carbocycles. The van der Waals surface area contributed by atoms with Crippen LogP contribution in [0, 0.1) is 0 Å². The Hall–Kier alpha value is -1.84. The maximum atomic E-state index is 11.5. The highest BCUT2D eigenvalue weighted by Crippen LogP contribution is 2.15. The number of amides is 1. The zero-order valence-corrected chi connectivity index (χ0v) is 10.5. The van der Waals surface area contributed by atoms with E-state index in [9.17, 15) is 9.59 Å². The molecule has 1 aromatic rings. The van der Waals surface area contributed by atoms with Crippen molar-refractivity contribution in [2.24, 2.45) is 0 Å². The summed E-state index contributed by atoms with van der Waals surface area (Å²) in [6.07, 6.45) is 0.534. The average molecular weight is 234 g/mol. The van der Waals surface area contributed by atoms with E-state index in [1.165, 1.54) is 6.92 Å². The van der Waals surface area contributed by atoms with Gasteiger partial charge in [-0.2, -0.15) is 0 Å². The van der Waals surface area contributed by atoms with E-state index in [1.807, 2.05) is 43.3 Å². The fourth-order valence-electron chi connectivity index (χ4n) is 1.36. The van der Waals surface area contributed by atoms with E-state index in [4.69, 9.17) is 0 Å². The molecule has 0 saturated carbocycles. The number of ketones is 1. The molecule has 0 spiro atoms. The smallest absolute Gasteiger partial charge is 0.224 e. The first-order valence-corrected chi connectivity index (χ1v) is 5.55. The van der Waals surface area contributed by atoms with E-state index >= 15 is 0 Å². The molecular formula is C13H18N2O2. The van der Waals surface area contributed by atoms with Crippen LogP contribution >= 0.6 is 0 Å². The zero-order chi connectivity index (χ0) is 12.8. The summed E-state index contributed by atoms with van der Waals surface area (Å²) in [6.45, 7) is 1.49. The number of benzene rings is 1. The van der Waals surface area contributed by atoms with Crippen LogP contribution in [0.4, 0.5) is 11.4 Å².